The molecule has 1 aromatic heterocycles. The van der Waals surface area contributed by atoms with Gasteiger partial charge in [0.25, 0.3) is 0 Å². The van der Waals surface area contributed by atoms with Gasteiger partial charge in [0.2, 0.25) is 5.60 Å². The highest BCUT2D eigenvalue weighted by atomic mass is 28.4. The second kappa shape index (κ2) is 14.7. The first-order valence-electron chi connectivity index (χ1n) is 22.3. The van der Waals surface area contributed by atoms with E-state index in [0.717, 1.165) is 59.5 Å². The number of carbonyl (C=O) groups is 3. The summed E-state index contributed by atoms with van der Waals surface area (Å²) in [6.45, 7) is 16.0. The van der Waals surface area contributed by atoms with Gasteiger partial charge in [-0.1, -0.05) is 37.3 Å². The van der Waals surface area contributed by atoms with Gasteiger partial charge < -0.3 is 38.4 Å². The first-order chi connectivity index (χ1) is 29.4. The third kappa shape index (κ3) is 5.88. The molecule has 1 saturated carbocycles. The standard InChI is InChI=1S/C48H64N4O9Si/c1-11-45-18-14-20-52-22-19-46(39(45)52)33-23-34(37(57-5)24-36(33)50(4)40(46)48(56,43(55)59-7)41(45)60-29(2)53)47(42(54)58-6)26-30-25-44(3,61-62(8,9)10)28-51(27-30)21-17-32-31-15-12-13-16-35(31)49-38(32)47/h12-16,18,23-24,30,39-41,49,56H,11,17,19-22,25-28H2,1-10H3/t30-,39-,40+,41+,44-,45+,46+,47-,48-/m0/s1. The van der Waals surface area contributed by atoms with Crippen LogP contribution in [0.1, 0.15) is 68.8 Å². The minimum Gasteiger partial charge on any atom is -0.496 e. The summed E-state index contributed by atoms with van der Waals surface area (Å²) in [4.78, 5) is 53.8. The van der Waals surface area contributed by atoms with Gasteiger partial charge in [0.05, 0.1) is 33.0 Å². The van der Waals surface area contributed by atoms with Gasteiger partial charge in [-0.25, -0.2) is 4.79 Å². The minimum absolute atomic E-state index is 0.0230. The third-order valence-electron chi connectivity index (χ3n) is 15.6. The number of nitrogens with zero attached hydrogens (tertiary/aromatic N) is 3. The molecule has 2 aromatic carbocycles. The highest BCUT2D eigenvalue weighted by molar-refractivity contribution is 6.69. The average Bonchev–Trinajstić information content (AvgIpc) is 3.89. The van der Waals surface area contributed by atoms with Gasteiger partial charge in [0, 0.05) is 90.9 Å². The molecule has 0 amide bonds. The largest absolute Gasteiger partial charge is 0.496 e. The van der Waals surface area contributed by atoms with Crippen LogP contribution in [0.15, 0.2) is 48.6 Å². The zero-order valence-electron chi connectivity index (χ0n) is 38.1. The summed E-state index contributed by atoms with van der Waals surface area (Å²) in [6, 6.07) is 11.2. The number of nitrogens with one attached hydrogen (secondary N) is 1. The van der Waals surface area contributed by atoms with Crippen molar-refractivity contribution in [1.82, 2.24) is 14.8 Å². The number of para-hydroxylation sites is 1. The fourth-order valence-electron chi connectivity index (χ4n) is 14.2. The number of rotatable bonds is 8. The molecule has 3 aromatic rings. The number of hydrogen-bond acceptors (Lipinski definition) is 12. The number of esters is 3. The molecule has 9 rings (SSSR count). The van der Waals surface area contributed by atoms with E-state index in [-0.39, 0.29) is 12.0 Å². The Morgan fingerprint density at radius 3 is 2.40 bits per heavy atom. The number of aromatic amines is 1. The lowest BCUT2D eigenvalue weighted by molar-refractivity contribution is -0.228. The molecule has 2 N–H and O–H groups in total. The summed E-state index contributed by atoms with van der Waals surface area (Å²) in [5.41, 5.74) is -0.808. The molecule has 6 aliphatic rings. The van der Waals surface area contributed by atoms with Crippen LogP contribution in [-0.2, 0) is 50.3 Å². The van der Waals surface area contributed by atoms with Crippen LogP contribution in [-0.4, -0.2) is 137 Å². The van der Waals surface area contributed by atoms with Gasteiger partial charge in [-0.2, -0.15) is 0 Å². The summed E-state index contributed by atoms with van der Waals surface area (Å²) in [6.07, 6.45) is 5.82. The maximum Gasteiger partial charge on any atom is 0.344 e. The van der Waals surface area contributed by atoms with Crippen molar-refractivity contribution in [3.8, 4) is 5.75 Å². The number of benzene rings is 2. The lowest BCUT2D eigenvalue weighted by Crippen LogP contribution is -2.81. The fourth-order valence-corrected chi connectivity index (χ4v) is 15.8. The summed E-state index contributed by atoms with van der Waals surface area (Å²) in [7, 11) is 4.28. The van der Waals surface area contributed by atoms with Gasteiger partial charge in [0.15, 0.2) is 14.4 Å². The van der Waals surface area contributed by atoms with E-state index in [0.29, 0.717) is 50.1 Å². The molecule has 1 spiro atoms. The van der Waals surface area contributed by atoms with E-state index >= 15 is 4.79 Å². The molecule has 13 nitrogen and oxygen atoms in total. The van der Waals surface area contributed by atoms with Crippen LogP contribution in [0.2, 0.25) is 19.6 Å². The van der Waals surface area contributed by atoms with Gasteiger partial charge >= 0.3 is 17.9 Å². The first-order valence-corrected chi connectivity index (χ1v) is 25.7. The lowest BCUT2D eigenvalue weighted by Gasteiger charge is -2.63. The van der Waals surface area contributed by atoms with Gasteiger partial charge in [-0.15, -0.1) is 0 Å². The van der Waals surface area contributed by atoms with E-state index in [2.05, 4.69) is 71.7 Å². The smallest absolute Gasteiger partial charge is 0.344 e. The van der Waals surface area contributed by atoms with Crippen LogP contribution < -0.4 is 9.64 Å². The van der Waals surface area contributed by atoms with E-state index in [1.165, 1.54) is 21.1 Å². The molecule has 62 heavy (non-hydrogen) atoms. The van der Waals surface area contributed by atoms with E-state index in [1.807, 2.05) is 37.1 Å². The number of likely N-dealkylation sites (N-methyl/N-ethyl adjacent to an activating group) is 1. The Kier molecular flexibility index (Phi) is 10.2. The second-order valence-corrected chi connectivity index (χ2v) is 24.7. The SMILES string of the molecule is CC[C@]12C=CCN3CC[C@@]4(c5cc([C@@]6(C(=O)OC)C[C@H]7CN(CCc8c6[nH]c6ccccc86)C[C@@](C)(O[Si](C)(C)C)C7)c(OC)cc5N(C)[C@H]4[C@@](O)(C(=O)OC)[C@@H]1OC(C)=O)[C@@H]32. The number of fused-ring (bicyclic) bond motifs is 6. The van der Waals surface area contributed by atoms with Crippen LogP contribution in [0.25, 0.3) is 10.9 Å². The van der Waals surface area contributed by atoms with Crippen LogP contribution in [0.4, 0.5) is 5.69 Å². The summed E-state index contributed by atoms with van der Waals surface area (Å²) in [5, 5.41) is 14.5. The average molecular weight is 869 g/mol. The second-order valence-electron chi connectivity index (χ2n) is 20.3. The Morgan fingerprint density at radius 2 is 1.73 bits per heavy atom. The Bertz CT molecular complexity index is 2360. The number of hydrogen-bond donors (Lipinski definition) is 2. The zero-order valence-corrected chi connectivity index (χ0v) is 39.1. The van der Waals surface area contributed by atoms with Crippen LogP contribution in [0.5, 0.6) is 5.75 Å². The molecular weight excluding hydrogens is 805 g/mol. The van der Waals surface area contributed by atoms with Gasteiger partial charge in [0.1, 0.15) is 11.2 Å². The van der Waals surface area contributed by atoms with Crippen molar-refractivity contribution in [2.24, 2.45) is 11.3 Å². The van der Waals surface area contributed by atoms with Crippen molar-refractivity contribution in [3.63, 3.8) is 0 Å². The molecule has 10 atom stereocenters. The first kappa shape index (κ1) is 43.1. The predicted molar refractivity (Wildman–Crippen MR) is 238 cm³/mol. The van der Waals surface area contributed by atoms with Crippen LogP contribution in [0.3, 0.4) is 0 Å². The number of methoxy groups -OCH3 is 3. The molecule has 3 fully saturated rings. The topological polar surface area (TPSA) is 143 Å². The Balaban J connectivity index is 1.35. The predicted octanol–water partition coefficient (Wildman–Crippen LogP) is 5.46. The van der Waals surface area contributed by atoms with Crippen molar-refractivity contribution in [2.45, 2.75) is 113 Å². The van der Waals surface area contributed by atoms with Crippen LogP contribution >= 0.6 is 0 Å². The third-order valence-corrected chi connectivity index (χ3v) is 16.7. The zero-order chi connectivity index (χ0) is 44.4. The monoisotopic (exact) mass is 868 g/mol. The number of aliphatic hydroxyl groups is 1. The van der Waals surface area contributed by atoms with E-state index in [4.69, 9.17) is 23.4 Å². The normalized spacial score (nSPS) is 36.0. The number of aromatic nitrogens is 1. The molecule has 1 aliphatic carbocycles. The van der Waals surface area contributed by atoms with Crippen molar-refractivity contribution >= 4 is 42.8 Å². The highest BCUT2D eigenvalue weighted by Crippen LogP contribution is 2.68. The van der Waals surface area contributed by atoms with Crippen molar-refractivity contribution in [2.75, 3.05) is 66.0 Å². The van der Waals surface area contributed by atoms with Crippen molar-refractivity contribution in [3.05, 3.63) is 70.9 Å². The highest BCUT2D eigenvalue weighted by Gasteiger charge is 2.80. The van der Waals surface area contributed by atoms with Crippen molar-refractivity contribution < 1.29 is 42.9 Å². The quantitative estimate of drug-likeness (QED) is 0.129. The summed E-state index contributed by atoms with van der Waals surface area (Å²) in [5.74, 6) is -1.33. The number of piperidine rings is 1. The molecule has 0 radical (unpaired) electrons. The number of ether oxygens (including phenoxy) is 4. The lowest BCUT2D eigenvalue weighted by atomic mass is 9.47. The molecule has 2 bridgehead atoms. The summed E-state index contributed by atoms with van der Waals surface area (Å²) < 4.78 is 31.2. The van der Waals surface area contributed by atoms with Gasteiger partial charge in [-0.05, 0) is 94.4 Å². The van der Waals surface area contributed by atoms with Crippen LogP contribution in [0, 0.1) is 11.3 Å². The number of carbonyl (C=O) groups excluding carboxylic acids is 3. The minimum atomic E-state index is -2.29. The Labute approximate surface area is 366 Å². The number of anilines is 1. The van der Waals surface area contributed by atoms with E-state index < -0.39 is 65.8 Å². The number of H-pyrrole nitrogens is 1. The van der Waals surface area contributed by atoms with E-state index in [9.17, 15) is 14.7 Å². The molecule has 334 valence electrons. The fraction of sp³-hybridized carbons (Fsp3) is 0.604. The maximum absolute atomic E-state index is 15.5. The molecule has 14 heteroatoms. The molecule has 1 unspecified atom stereocenters. The molecular formula is C48H64N4O9Si. The molecule has 6 heterocycles. The van der Waals surface area contributed by atoms with Gasteiger partial charge in [-0.3, -0.25) is 19.4 Å². The summed E-state index contributed by atoms with van der Waals surface area (Å²) >= 11 is 0. The van der Waals surface area contributed by atoms with Crippen molar-refractivity contribution in [1.29, 1.82) is 0 Å². The maximum atomic E-state index is 15.5. The Hall–Kier alpha value is -4.21. The van der Waals surface area contributed by atoms with E-state index in [1.54, 1.807) is 7.11 Å². The Morgan fingerprint density at radius 1 is 0.984 bits per heavy atom. The molecule has 2 saturated heterocycles. The molecule has 5 aliphatic heterocycles.